The Balaban J connectivity index is 2.15. The molecule has 1 aromatic heterocycles. The summed E-state index contributed by atoms with van der Waals surface area (Å²) in [6, 6.07) is 14.9. The highest BCUT2D eigenvalue weighted by Gasteiger charge is 2.13. The number of hydrogen-bond acceptors (Lipinski definition) is 3. The predicted octanol–water partition coefficient (Wildman–Crippen LogP) is 5.55. The summed E-state index contributed by atoms with van der Waals surface area (Å²) in [6.07, 6.45) is 5.03. The molecule has 0 atom stereocenters. The first-order valence-corrected chi connectivity index (χ1v) is 9.11. The van der Waals surface area contributed by atoms with E-state index in [9.17, 15) is 0 Å². The zero-order chi connectivity index (χ0) is 14.7. The highest BCUT2D eigenvalue weighted by molar-refractivity contribution is 7.97. The lowest BCUT2D eigenvalue weighted by molar-refractivity contribution is 1.20. The van der Waals surface area contributed by atoms with E-state index in [0.29, 0.717) is 0 Å². The van der Waals surface area contributed by atoms with Crippen LogP contribution in [0.5, 0.6) is 0 Å². The predicted molar refractivity (Wildman–Crippen MR) is 96.2 cm³/mol. The van der Waals surface area contributed by atoms with Crippen molar-refractivity contribution in [3.05, 3.63) is 66.2 Å². The monoisotopic (exact) mass is 311 g/mol. The van der Waals surface area contributed by atoms with Crippen LogP contribution < -0.4 is 0 Å². The molecule has 21 heavy (non-hydrogen) atoms. The largest absolute Gasteiger partial charge is 0.236 e. The molecule has 0 amide bonds. The van der Waals surface area contributed by atoms with E-state index in [2.05, 4.69) is 49.2 Å². The van der Waals surface area contributed by atoms with Gasteiger partial charge in [-0.1, -0.05) is 36.4 Å². The number of benzene rings is 2. The summed E-state index contributed by atoms with van der Waals surface area (Å²) >= 11 is 3.62. The lowest BCUT2D eigenvalue weighted by atomic mass is 10.0. The molecule has 0 saturated carbocycles. The minimum absolute atomic E-state index is 0.911. The average molecular weight is 311 g/mol. The molecule has 1 heterocycles. The van der Waals surface area contributed by atoms with Gasteiger partial charge in [-0.15, -0.1) is 17.9 Å². The quantitative estimate of drug-likeness (QED) is 0.573. The highest BCUT2D eigenvalue weighted by Crippen LogP contribution is 2.34. The molecule has 0 spiro atoms. The van der Waals surface area contributed by atoms with E-state index < -0.39 is 0 Å². The number of aromatic nitrogens is 1. The Morgan fingerprint density at radius 1 is 1.19 bits per heavy atom. The Morgan fingerprint density at radius 3 is 2.81 bits per heavy atom. The first-order chi connectivity index (χ1) is 10.3. The van der Waals surface area contributed by atoms with Crippen LogP contribution in [0, 0.1) is 0 Å². The number of hydrogen-bond donors (Lipinski definition) is 0. The van der Waals surface area contributed by atoms with E-state index in [-0.39, 0.29) is 0 Å². The number of rotatable bonds is 5. The number of nitrogens with zero attached hydrogens (tertiary/aromatic N) is 1. The van der Waals surface area contributed by atoms with Crippen molar-refractivity contribution in [1.29, 1.82) is 0 Å². The van der Waals surface area contributed by atoms with Gasteiger partial charge in [0, 0.05) is 11.3 Å². The third-order valence-electron chi connectivity index (χ3n) is 3.45. The molecular weight excluding hydrogens is 294 g/mol. The molecule has 3 rings (SSSR count). The molecule has 0 saturated heterocycles. The van der Waals surface area contributed by atoms with Gasteiger partial charge in [-0.3, -0.25) is 0 Å². The van der Waals surface area contributed by atoms with Gasteiger partial charge in [0.1, 0.15) is 5.01 Å². The second-order valence-electron chi connectivity index (χ2n) is 4.86. The molecule has 0 aliphatic heterocycles. The van der Waals surface area contributed by atoms with Gasteiger partial charge in [0.25, 0.3) is 0 Å². The maximum absolute atomic E-state index is 4.81. The summed E-state index contributed by atoms with van der Waals surface area (Å²) in [6.45, 7) is 3.87. The molecule has 0 aliphatic carbocycles. The van der Waals surface area contributed by atoms with Crippen LogP contribution in [-0.4, -0.2) is 11.2 Å². The Kier molecular flexibility index (Phi) is 4.42. The van der Waals surface area contributed by atoms with Crippen molar-refractivity contribution in [3.8, 4) is 10.6 Å². The van der Waals surface area contributed by atoms with Crippen molar-refractivity contribution in [2.75, 3.05) is 6.26 Å². The van der Waals surface area contributed by atoms with Crippen LogP contribution in [0.2, 0.25) is 0 Å². The molecular formula is C18H17NS2. The topological polar surface area (TPSA) is 12.9 Å². The SMILES string of the molecule is C=CCc1cccc(-c2nc3ccccc3s2)c1CSC. The van der Waals surface area contributed by atoms with E-state index >= 15 is 0 Å². The number of para-hydroxylation sites is 1. The summed E-state index contributed by atoms with van der Waals surface area (Å²) < 4.78 is 1.25. The van der Waals surface area contributed by atoms with Gasteiger partial charge in [0.15, 0.2) is 0 Å². The highest BCUT2D eigenvalue weighted by atomic mass is 32.2. The van der Waals surface area contributed by atoms with E-state index in [1.54, 1.807) is 11.3 Å². The van der Waals surface area contributed by atoms with Gasteiger partial charge >= 0.3 is 0 Å². The zero-order valence-electron chi connectivity index (χ0n) is 12.0. The Bertz CT molecular complexity index is 741. The van der Waals surface area contributed by atoms with Crippen molar-refractivity contribution in [2.24, 2.45) is 0 Å². The van der Waals surface area contributed by atoms with Gasteiger partial charge in [0.05, 0.1) is 10.2 Å². The maximum Gasteiger partial charge on any atom is 0.124 e. The standard InChI is InChI=1S/C18H17NS2/c1-3-7-13-8-6-9-14(15(13)12-20-2)18-19-16-10-4-5-11-17(16)21-18/h3-6,8-11H,1,7,12H2,2H3. The molecule has 0 radical (unpaired) electrons. The minimum Gasteiger partial charge on any atom is -0.236 e. The molecule has 0 bridgehead atoms. The van der Waals surface area contributed by atoms with Gasteiger partial charge in [-0.05, 0) is 35.9 Å². The number of thioether (sulfide) groups is 1. The Morgan fingerprint density at radius 2 is 2.05 bits per heavy atom. The molecule has 2 aromatic carbocycles. The van der Waals surface area contributed by atoms with Crippen molar-refractivity contribution in [2.45, 2.75) is 12.2 Å². The van der Waals surface area contributed by atoms with Crippen LogP contribution >= 0.6 is 23.1 Å². The van der Waals surface area contributed by atoms with Gasteiger partial charge in [-0.25, -0.2) is 4.98 Å². The van der Waals surface area contributed by atoms with Crippen molar-refractivity contribution >= 4 is 33.3 Å². The average Bonchev–Trinajstić information content (AvgIpc) is 2.93. The summed E-state index contributed by atoms with van der Waals surface area (Å²) in [5.41, 5.74) is 5.10. The first-order valence-electron chi connectivity index (χ1n) is 6.90. The van der Waals surface area contributed by atoms with Crippen LogP contribution in [-0.2, 0) is 12.2 Å². The van der Waals surface area contributed by atoms with Crippen LogP contribution in [0.15, 0.2) is 55.1 Å². The first kappa shape index (κ1) is 14.4. The summed E-state index contributed by atoms with van der Waals surface area (Å²) in [5.74, 6) is 1.01. The van der Waals surface area contributed by atoms with Crippen molar-refractivity contribution in [1.82, 2.24) is 4.98 Å². The summed E-state index contributed by atoms with van der Waals surface area (Å²) in [7, 11) is 0. The second kappa shape index (κ2) is 6.46. The summed E-state index contributed by atoms with van der Waals surface area (Å²) in [5, 5.41) is 1.12. The number of allylic oxidation sites excluding steroid dienone is 1. The Labute approximate surface area is 133 Å². The molecule has 0 fully saturated rings. The third-order valence-corrected chi connectivity index (χ3v) is 5.10. The number of fused-ring (bicyclic) bond motifs is 1. The molecule has 106 valence electrons. The maximum atomic E-state index is 4.81. The molecule has 0 N–H and O–H groups in total. The molecule has 0 unspecified atom stereocenters. The fraction of sp³-hybridized carbons (Fsp3) is 0.167. The lowest BCUT2D eigenvalue weighted by Crippen LogP contribution is -1.95. The van der Waals surface area contributed by atoms with Gasteiger partial charge < -0.3 is 0 Å². The van der Waals surface area contributed by atoms with E-state index in [1.807, 2.05) is 23.9 Å². The normalized spacial score (nSPS) is 10.9. The molecule has 0 aliphatic rings. The number of thiazole rings is 1. The van der Waals surface area contributed by atoms with Gasteiger partial charge in [-0.2, -0.15) is 11.8 Å². The van der Waals surface area contributed by atoms with Gasteiger partial charge in [0.2, 0.25) is 0 Å². The summed E-state index contributed by atoms with van der Waals surface area (Å²) in [4.78, 5) is 4.81. The second-order valence-corrected chi connectivity index (χ2v) is 6.75. The minimum atomic E-state index is 0.911. The van der Waals surface area contributed by atoms with Crippen LogP contribution in [0.25, 0.3) is 20.8 Å². The van der Waals surface area contributed by atoms with Crippen molar-refractivity contribution < 1.29 is 0 Å². The fourth-order valence-corrected chi connectivity index (χ4v) is 4.13. The smallest absolute Gasteiger partial charge is 0.124 e. The molecule has 3 heteroatoms. The lowest BCUT2D eigenvalue weighted by Gasteiger charge is -2.11. The van der Waals surface area contributed by atoms with E-state index in [4.69, 9.17) is 4.98 Å². The van der Waals surface area contributed by atoms with Crippen LogP contribution in [0.4, 0.5) is 0 Å². The third kappa shape index (κ3) is 2.89. The Hall–Kier alpha value is -1.58. The van der Waals surface area contributed by atoms with Crippen molar-refractivity contribution in [3.63, 3.8) is 0 Å². The van der Waals surface area contributed by atoms with E-state index in [1.165, 1.54) is 21.4 Å². The fourth-order valence-electron chi connectivity index (χ4n) is 2.48. The molecule has 1 nitrogen and oxygen atoms in total. The van der Waals surface area contributed by atoms with E-state index in [0.717, 1.165) is 22.7 Å². The molecule has 3 aromatic rings. The van der Waals surface area contributed by atoms with Crippen LogP contribution in [0.1, 0.15) is 11.1 Å². The van der Waals surface area contributed by atoms with Crippen LogP contribution in [0.3, 0.4) is 0 Å². The zero-order valence-corrected chi connectivity index (χ0v) is 13.6.